The molecule has 2 aromatic carbocycles. The van der Waals surface area contributed by atoms with Crippen LogP contribution in [-0.2, 0) is 15.8 Å². The molecule has 0 N–H and O–H groups in total. The molecule has 3 heteroatoms. The number of halogens is 1. The van der Waals surface area contributed by atoms with E-state index in [0.717, 1.165) is 18.2 Å². The molecule has 2 unspecified atom stereocenters. The third kappa shape index (κ3) is 4.22. The van der Waals surface area contributed by atoms with Crippen molar-refractivity contribution in [2.45, 2.75) is 77.0 Å². The van der Waals surface area contributed by atoms with Crippen molar-refractivity contribution < 1.29 is 4.84 Å². The Balaban J connectivity index is 1.89. The second-order valence-corrected chi connectivity index (χ2v) is 10.5. The SMILES string of the molecule is CC(C)(C)c1ccc(C(CBr)ON2C(C)(C)CCC2(C)c2ccccc2)cc1. The fourth-order valence-electron chi connectivity index (χ4n) is 4.24. The van der Waals surface area contributed by atoms with Crippen molar-refractivity contribution >= 4 is 15.9 Å². The molecule has 0 amide bonds. The molecule has 3 rings (SSSR count). The van der Waals surface area contributed by atoms with E-state index in [1.807, 2.05) is 0 Å². The van der Waals surface area contributed by atoms with Crippen LogP contribution in [0.5, 0.6) is 0 Å². The zero-order valence-corrected chi connectivity index (χ0v) is 19.7. The maximum absolute atomic E-state index is 6.74. The zero-order valence-electron chi connectivity index (χ0n) is 18.1. The minimum absolute atomic E-state index is 0.0175. The van der Waals surface area contributed by atoms with Gasteiger partial charge < -0.3 is 0 Å². The van der Waals surface area contributed by atoms with Gasteiger partial charge in [0.15, 0.2) is 0 Å². The number of benzene rings is 2. The Bertz CT molecular complexity index is 778. The van der Waals surface area contributed by atoms with E-state index >= 15 is 0 Å². The van der Waals surface area contributed by atoms with Gasteiger partial charge in [-0.2, -0.15) is 5.06 Å². The van der Waals surface area contributed by atoms with Crippen molar-refractivity contribution in [3.05, 3.63) is 71.3 Å². The smallest absolute Gasteiger partial charge is 0.114 e. The van der Waals surface area contributed by atoms with Gasteiger partial charge in [-0.3, -0.25) is 4.84 Å². The largest absolute Gasteiger partial charge is 0.289 e. The maximum atomic E-state index is 6.74. The lowest BCUT2D eigenvalue weighted by molar-refractivity contribution is -0.273. The molecule has 0 spiro atoms. The lowest BCUT2D eigenvalue weighted by Crippen LogP contribution is -2.48. The second kappa shape index (κ2) is 7.93. The Morgan fingerprint density at radius 2 is 1.57 bits per heavy atom. The molecule has 1 fully saturated rings. The highest BCUT2D eigenvalue weighted by atomic mass is 79.9. The average molecular weight is 444 g/mol. The standard InChI is InChI=1S/C25H34BrNO/c1-23(2,3)20-14-12-19(13-15-20)22(18-26)28-27-24(4,5)16-17-25(27,6)21-10-8-7-9-11-21/h7-15,22H,16-18H2,1-6H3. The fourth-order valence-corrected chi connectivity index (χ4v) is 4.73. The van der Waals surface area contributed by atoms with E-state index in [2.05, 4.69) is 117 Å². The minimum Gasteiger partial charge on any atom is -0.289 e. The molecule has 0 aliphatic carbocycles. The molecule has 2 atom stereocenters. The first-order valence-corrected chi connectivity index (χ1v) is 11.4. The fraction of sp³-hybridized carbons (Fsp3) is 0.520. The first-order valence-electron chi connectivity index (χ1n) is 10.3. The highest BCUT2D eigenvalue weighted by Gasteiger charge is 2.50. The third-order valence-corrected chi connectivity index (χ3v) is 6.73. The van der Waals surface area contributed by atoms with Gasteiger partial charge in [-0.1, -0.05) is 91.3 Å². The molecule has 1 saturated heterocycles. The zero-order chi connectivity index (χ0) is 20.6. The molecule has 1 aliphatic rings. The quantitative estimate of drug-likeness (QED) is 0.455. The predicted molar refractivity (Wildman–Crippen MR) is 122 cm³/mol. The molecule has 152 valence electrons. The van der Waals surface area contributed by atoms with Gasteiger partial charge >= 0.3 is 0 Å². The van der Waals surface area contributed by atoms with E-state index in [9.17, 15) is 0 Å². The van der Waals surface area contributed by atoms with Crippen LogP contribution in [-0.4, -0.2) is 15.9 Å². The molecule has 0 saturated carbocycles. The molecule has 28 heavy (non-hydrogen) atoms. The number of hydrogen-bond donors (Lipinski definition) is 0. The van der Waals surface area contributed by atoms with Crippen LogP contribution < -0.4 is 0 Å². The molecule has 2 nitrogen and oxygen atoms in total. The number of rotatable bonds is 5. The summed E-state index contributed by atoms with van der Waals surface area (Å²) >= 11 is 3.70. The van der Waals surface area contributed by atoms with Gasteiger partial charge in [0.25, 0.3) is 0 Å². The maximum Gasteiger partial charge on any atom is 0.114 e. The molecular formula is C25H34BrNO. The molecular weight excluding hydrogens is 410 g/mol. The summed E-state index contributed by atoms with van der Waals surface area (Å²) in [7, 11) is 0. The average Bonchev–Trinajstić information content (AvgIpc) is 2.90. The lowest BCUT2D eigenvalue weighted by Gasteiger charge is -2.43. The summed E-state index contributed by atoms with van der Waals surface area (Å²) in [4.78, 5) is 6.74. The van der Waals surface area contributed by atoms with Gasteiger partial charge in [0, 0.05) is 10.9 Å². The van der Waals surface area contributed by atoms with Crippen LogP contribution in [0.3, 0.4) is 0 Å². The third-order valence-electron chi connectivity index (χ3n) is 6.14. The highest BCUT2D eigenvalue weighted by molar-refractivity contribution is 9.09. The van der Waals surface area contributed by atoms with Crippen molar-refractivity contribution in [3.63, 3.8) is 0 Å². The van der Waals surface area contributed by atoms with Crippen LogP contribution >= 0.6 is 15.9 Å². The van der Waals surface area contributed by atoms with Gasteiger partial charge in [0.05, 0.1) is 5.54 Å². The van der Waals surface area contributed by atoms with E-state index in [-0.39, 0.29) is 22.6 Å². The highest BCUT2D eigenvalue weighted by Crippen LogP contribution is 2.48. The van der Waals surface area contributed by atoms with E-state index in [1.54, 1.807) is 0 Å². The van der Waals surface area contributed by atoms with Gasteiger partial charge in [-0.15, -0.1) is 0 Å². The van der Waals surface area contributed by atoms with Crippen molar-refractivity contribution in [2.24, 2.45) is 0 Å². The molecule has 0 aromatic heterocycles. The Labute approximate surface area is 179 Å². The van der Waals surface area contributed by atoms with Crippen LogP contribution in [0, 0.1) is 0 Å². The first-order chi connectivity index (χ1) is 13.1. The summed E-state index contributed by atoms with van der Waals surface area (Å²) in [6.07, 6.45) is 2.17. The Kier molecular flexibility index (Phi) is 6.10. The molecule has 0 radical (unpaired) electrons. The van der Waals surface area contributed by atoms with Crippen LogP contribution in [0.2, 0.25) is 0 Å². The number of hydrogen-bond acceptors (Lipinski definition) is 2. The predicted octanol–water partition coefficient (Wildman–Crippen LogP) is 7.14. The summed E-state index contributed by atoms with van der Waals surface area (Å²) in [6, 6.07) is 19.7. The molecule has 1 aliphatic heterocycles. The second-order valence-electron chi connectivity index (χ2n) is 9.87. The molecule has 1 heterocycles. The normalized spacial score (nSPS) is 23.7. The number of hydroxylamine groups is 2. The number of alkyl halides is 1. The summed E-state index contributed by atoms with van der Waals surface area (Å²) in [6.45, 7) is 13.6. The van der Waals surface area contributed by atoms with Crippen molar-refractivity contribution in [1.82, 2.24) is 5.06 Å². The Morgan fingerprint density at radius 3 is 2.11 bits per heavy atom. The van der Waals surface area contributed by atoms with Crippen LogP contribution in [0.15, 0.2) is 54.6 Å². The van der Waals surface area contributed by atoms with E-state index < -0.39 is 0 Å². The van der Waals surface area contributed by atoms with Gasteiger partial charge in [0.2, 0.25) is 0 Å². The molecule has 2 aromatic rings. The van der Waals surface area contributed by atoms with Crippen molar-refractivity contribution in [3.8, 4) is 0 Å². The van der Waals surface area contributed by atoms with E-state index in [0.29, 0.717) is 0 Å². The first kappa shape index (κ1) is 21.5. The van der Waals surface area contributed by atoms with Crippen molar-refractivity contribution in [2.75, 3.05) is 5.33 Å². The van der Waals surface area contributed by atoms with Crippen LogP contribution in [0.4, 0.5) is 0 Å². The topological polar surface area (TPSA) is 12.5 Å². The number of nitrogens with zero attached hydrogens (tertiary/aromatic N) is 1. The van der Waals surface area contributed by atoms with Gasteiger partial charge in [-0.25, -0.2) is 0 Å². The summed E-state index contributed by atoms with van der Waals surface area (Å²) < 4.78 is 0. The lowest BCUT2D eigenvalue weighted by atomic mass is 9.86. The summed E-state index contributed by atoms with van der Waals surface area (Å²) in [5.74, 6) is 0. The molecule has 0 bridgehead atoms. The minimum atomic E-state index is -0.128. The van der Waals surface area contributed by atoms with E-state index in [1.165, 1.54) is 16.7 Å². The Morgan fingerprint density at radius 1 is 0.964 bits per heavy atom. The van der Waals surface area contributed by atoms with E-state index in [4.69, 9.17) is 4.84 Å². The van der Waals surface area contributed by atoms with Crippen molar-refractivity contribution in [1.29, 1.82) is 0 Å². The Hall–Kier alpha value is -1.16. The van der Waals surface area contributed by atoms with Crippen LogP contribution in [0.25, 0.3) is 0 Å². The van der Waals surface area contributed by atoms with Gasteiger partial charge in [-0.05, 0) is 55.7 Å². The summed E-state index contributed by atoms with van der Waals surface area (Å²) in [5.41, 5.74) is 3.89. The van der Waals surface area contributed by atoms with Gasteiger partial charge in [0.1, 0.15) is 6.10 Å². The monoisotopic (exact) mass is 443 g/mol. The van der Waals surface area contributed by atoms with Crippen LogP contribution in [0.1, 0.15) is 77.2 Å². The summed E-state index contributed by atoms with van der Waals surface area (Å²) in [5, 5.41) is 3.03.